The molecule has 0 unspecified atom stereocenters. The number of nitrogens with two attached hydrogens (primary N) is 1. The number of nitriles is 1. The van der Waals surface area contributed by atoms with Crippen LogP contribution in [0.15, 0.2) is 39.1 Å². The molecule has 2 heterocycles. The van der Waals surface area contributed by atoms with Gasteiger partial charge in [0.1, 0.15) is 16.8 Å². The first-order chi connectivity index (χ1) is 15.4. The van der Waals surface area contributed by atoms with E-state index in [1.807, 2.05) is 6.92 Å². The van der Waals surface area contributed by atoms with Crippen molar-refractivity contribution < 1.29 is 23.7 Å². The number of methoxy groups -OCH3 is 3. The van der Waals surface area contributed by atoms with Crippen molar-refractivity contribution in [3.63, 3.8) is 0 Å². The quantitative estimate of drug-likeness (QED) is 0.584. The van der Waals surface area contributed by atoms with E-state index in [1.165, 1.54) is 33.1 Å². The number of benzene rings is 1. The third kappa shape index (κ3) is 3.96. The number of nitrogens with zero attached hydrogens (tertiary/aromatic N) is 3. The Hall–Kier alpha value is -3.32. The van der Waals surface area contributed by atoms with Crippen LogP contribution < -0.4 is 19.9 Å². The Labute approximate surface area is 191 Å². The van der Waals surface area contributed by atoms with Crippen molar-refractivity contribution in [3.8, 4) is 23.3 Å². The fourth-order valence-corrected chi connectivity index (χ4v) is 4.60. The molecule has 0 saturated carbocycles. The van der Waals surface area contributed by atoms with Crippen LogP contribution in [0.1, 0.15) is 38.3 Å². The fraction of sp³-hybridized carbons (Fsp3) is 0.409. The van der Waals surface area contributed by atoms with Gasteiger partial charge in [-0.2, -0.15) is 5.26 Å². The number of amidine groups is 1. The van der Waals surface area contributed by atoms with E-state index in [2.05, 4.69) is 11.1 Å². The van der Waals surface area contributed by atoms with Crippen molar-refractivity contribution in [1.29, 1.82) is 5.26 Å². The molecule has 0 amide bonds. The molecule has 0 aromatic heterocycles. The van der Waals surface area contributed by atoms with E-state index < -0.39 is 12.0 Å². The monoisotopic (exact) mass is 458 g/mol. The van der Waals surface area contributed by atoms with E-state index in [9.17, 15) is 10.1 Å². The van der Waals surface area contributed by atoms with Crippen LogP contribution in [0.25, 0.3) is 0 Å². The number of thioether (sulfide) groups is 1. The smallest absolute Gasteiger partial charge is 0.338 e. The van der Waals surface area contributed by atoms with Gasteiger partial charge in [-0.1, -0.05) is 13.3 Å². The summed E-state index contributed by atoms with van der Waals surface area (Å²) in [4.78, 5) is 19.9. The van der Waals surface area contributed by atoms with E-state index in [0.29, 0.717) is 50.6 Å². The van der Waals surface area contributed by atoms with Gasteiger partial charge in [-0.15, -0.1) is 0 Å². The third-order valence-corrected chi connectivity index (χ3v) is 6.03. The lowest BCUT2D eigenvalue weighted by Crippen LogP contribution is -2.39. The van der Waals surface area contributed by atoms with Gasteiger partial charge in [-0.25, -0.2) is 9.79 Å². The lowest BCUT2D eigenvalue weighted by atomic mass is 9.92. The highest BCUT2D eigenvalue weighted by Gasteiger charge is 2.43. The Bertz CT molecular complexity index is 1030. The molecule has 0 radical (unpaired) electrons. The van der Waals surface area contributed by atoms with Crippen molar-refractivity contribution >= 4 is 22.9 Å². The van der Waals surface area contributed by atoms with Gasteiger partial charge in [0.05, 0.1) is 45.2 Å². The van der Waals surface area contributed by atoms with E-state index >= 15 is 0 Å². The summed E-state index contributed by atoms with van der Waals surface area (Å²) >= 11 is 1.18. The zero-order valence-corrected chi connectivity index (χ0v) is 19.5. The molecule has 170 valence electrons. The van der Waals surface area contributed by atoms with Gasteiger partial charge in [-0.3, -0.25) is 4.90 Å². The molecule has 1 aromatic rings. The Balaban J connectivity index is 2.31. The molecule has 1 aromatic carbocycles. The van der Waals surface area contributed by atoms with Crippen molar-refractivity contribution in [2.75, 3.05) is 27.9 Å². The molecule has 3 rings (SSSR count). The summed E-state index contributed by atoms with van der Waals surface area (Å²) in [6.45, 7) is 3.97. The van der Waals surface area contributed by atoms with E-state index in [-0.39, 0.29) is 12.4 Å². The number of carbonyl (C=O) groups is 1. The average molecular weight is 459 g/mol. The summed E-state index contributed by atoms with van der Waals surface area (Å²) < 4.78 is 21.9. The molecule has 2 aliphatic rings. The number of carbonyl (C=O) groups excluding carboxylic acids is 1. The van der Waals surface area contributed by atoms with Crippen LogP contribution in [0, 0.1) is 11.3 Å². The number of aliphatic imine (C=N–C) groups is 1. The number of allylic oxidation sites excluding steroid dienone is 2. The highest BCUT2D eigenvalue weighted by atomic mass is 32.2. The maximum atomic E-state index is 13.2. The number of esters is 1. The minimum absolute atomic E-state index is 0.212. The molecule has 10 heteroatoms. The second-order valence-corrected chi connectivity index (χ2v) is 7.86. The van der Waals surface area contributed by atoms with Crippen LogP contribution in [-0.2, 0) is 9.53 Å². The first-order valence-corrected chi connectivity index (χ1v) is 10.9. The Kier molecular flexibility index (Phi) is 7.20. The highest BCUT2D eigenvalue weighted by molar-refractivity contribution is 8.17. The maximum Gasteiger partial charge on any atom is 0.338 e. The molecule has 0 saturated heterocycles. The molecule has 0 aliphatic carbocycles. The SMILES string of the molecule is CCCC1=C(C(=O)OCC)[C@H](c2cc(OC)c(OC)c(OC)c2)N2C(=N1)SC(C#N)=C2N. The van der Waals surface area contributed by atoms with Gasteiger partial charge < -0.3 is 24.7 Å². The number of hydrogen-bond acceptors (Lipinski definition) is 10. The first-order valence-electron chi connectivity index (χ1n) is 10.1. The second-order valence-electron chi connectivity index (χ2n) is 6.88. The molecule has 0 spiro atoms. The van der Waals surface area contributed by atoms with Crippen LogP contribution in [0.3, 0.4) is 0 Å². The lowest BCUT2D eigenvalue weighted by Gasteiger charge is -2.35. The average Bonchev–Trinajstić information content (AvgIpc) is 3.12. The largest absolute Gasteiger partial charge is 0.493 e. The predicted octanol–water partition coefficient (Wildman–Crippen LogP) is 3.44. The van der Waals surface area contributed by atoms with Crippen LogP contribution >= 0.6 is 11.8 Å². The van der Waals surface area contributed by atoms with Crippen molar-refractivity contribution in [3.05, 3.63) is 39.7 Å². The van der Waals surface area contributed by atoms with E-state index in [0.717, 1.165) is 6.42 Å². The summed E-state index contributed by atoms with van der Waals surface area (Å²) in [5, 5.41) is 10.1. The molecule has 1 atom stereocenters. The number of fused-ring (bicyclic) bond motifs is 1. The third-order valence-electron chi connectivity index (χ3n) is 5.05. The Morgan fingerprint density at radius 3 is 2.38 bits per heavy atom. The van der Waals surface area contributed by atoms with E-state index in [4.69, 9.17) is 24.7 Å². The minimum Gasteiger partial charge on any atom is -0.493 e. The zero-order valence-electron chi connectivity index (χ0n) is 18.7. The van der Waals surface area contributed by atoms with Crippen LogP contribution in [0.4, 0.5) is 0 Å². The van der Waals surface area contributed by atoms with Crippen LogP contribution in [-0.4, -0.2) is 44.0 Å². The minimum atomic E-state index is -0.685. The van der Waals surface area contributed by atoms with Gasteiger partial charge in [0.25, 0.3) is 0 Å². The maximum absolute atomic E-state index is 13.2. The molecule has 0 fully saturated rings. The first kappa shape index (κ1) is 23.3. The summed E-state index contributed by atoms with van der Waals surface area (Å²) in [5.41, 5.74) is 7.98. The molecule has 2 N–H and O–H groups in total. The van der Waals surface area contributed by atoms with Gasteiger partial charge in [0.15, 0.2) is 16.7 Å². The topological polar surface area (TPSA) is 119 Å². The van der Waals surface area contributed by atoms with Gasteiger partial charge in [-0.05, 0) is 42.8 Å². The number of ether oxygens (including phenoxy) is 4. The Morgan fingerprint density at radius 1 is 1.22 bits per heavy atom. The molecule has 2 aliphatic heterocycles. The second kappa shape index (κ2) is 9.87. The van der Waals surface area contributed by atoms with Crippen LogP contribution in [0.5, 0.6) is 17.2 Å². The standard InChI is InChI=1S/C22H26N4O5S/c1-6-8-13-17(21(27)31-7-2)18(26-20(24)16(11-23)32-22(26)25-13)12-9-14(28-3)19(30-5)15(10-12)29-4/h9-10,18H,6-8,24H2,1-5H3/t18-/m0/s1. The fourth-order valence-electron chi connectivity index (χ4n) is 3.71. The van der Waals surface area contributed by atoms with Crippen molar-refractivity contribution in [2.24, 2.45) is 10.7 Å². The van der Waals surface area contributed by atoms with E-state index in [1.54, 1.807) is 24.0 Å². The van der Waals surface area contributed by atoms with Gasteiger partial charge in [0, 0.05) is 0 Å². The lowest BCUT2D eigenvalue weighted by molar-refractivity contribution is -0.139. The summed E-state index contributed by atoms with van der Waals surface area (Å²) in [6.07, 6.45) is 1.34. The molecule has 0 bridgehead atoms. The molecule has 9 nitrogen and oxygen atoms in total. The number of hydrogen-bond donors (Lipinski definition) is 1. The molecule has 32 heavy (non-hydrogen) atoms. The Morgan fingerprint density at radius 2 is 1.88 bits per heavy atom. The van der Waals surface area contributed by atoms with Crippen molar-refractivity contribution in [2.45, 2.75) is 32.7 Å². The van der Waals surface area contributed by atoms with Gasteiger partial charge in [0.2, 0.25) is 5.75 Å². The highest BCUT2D eigenvalue weighted by Crippen LogP contribution is 2.49. The summed E-state index contributed by atoms with van der Waals surface area (Å²) in [6, 6.07) is 4.96. The predicted molar refractivity (Wildman–Crippen MR) is 121 cm³/mol. The number of rotatable bonds is 8. The molecular formula is C22H26N4O5S. The summed E-state index contributed by atoms with van der Waals surface area (Å²) in [7, 11) is 4.56. The van der Waals surface area contributed by atoms with Crippen molar-refractivity contribution in [1.82, 2.24) is 4.90 Å². The van der Waals surface area contributed by atoms with Crippen LogP contribution in [0.2, 0.25) is 0 Å². The molecular weight excluding hydrogens is 432 g/mol. The van der Waals surface area contributed by atoms with Gasteiger partial charge >= 0.3 is 5.97 Å². The summed E-state index contributed by atoms with van der Waals surface area (Å²) in [5.74, 6) is 1.03. The zero-order chi connectivity index (χ0) is 23.4. The normalized spacial score (nSPS) is 17.6.